The van der Waals surface area contributed by atoms with Crippen LogP contribution in [0.15, 0.2) is 42.5 Å². The normalized spacial score (nSPS) is 11.7. The Morgan fingerprint density at radius 2 is 1.91 bits per heavy atom. The van der Waals surface area contributed by atoms with Crippen molar-refractivity contribution in [2.45, 2.75) is 19.4 Å². The minimum absolute atomic E-state index is 0.0403. The van der Waals surface area contributed by atoms with Crippen molar-refractivity contribution in [3.63, 3.8) is 0 Å². The van der Waals surface area contributed by atoms with Crippen LogP contribution in [-0.4, -0.2) is 22.2 Å². The molecule has 2 rings (SSSR count). The summed E-state index contributed by atoms with van der Waals surface area (Å²) in [5.74, 6) is -2.99. The van der Waals surface area contributed by atoms with Crippen molar-refractivity contribution in [2.75, 3.05) is 0 Å². The fraction of sp³-hybridized carbons (Fsp3) is 0.176. The van der Waals surface area contributed by atoms with Gasteiger partial charge in [0.2, 0.25) is 0 Å². The highest BCUT2D eigenvalue weighted by Gasteiger charge is 2.15. The standard InChI is InChI=1S/C17H15FO5/c1-10(16(19)20)11-3-2-4-14(8-11)23-9-12-7-13(18)5-6-15(12)17(21)22/h2-8,10H,9H2,1H3,(H,19,20)(H,21,22)/t10-/m0/s1. The fourth-order valence-electron chi connectivity index (χ4n) is 2.07. The maximum Gasteiger partial charge on any atom is 0.336 e. The van der Waals surface area contributed by atoms with Gasteiger partial charge in [-0.1, -0.05) is 12.1 Å². The van der Waals surface area contributed by atoms with Gasteiger partial charge in [-0.15, -0.1) is 0 Å². The van der Waals surface area contributed by atoms with Gasteiger partial charge in [0.25, 0.3) is 0 Å². The maximum absolute atomic E-state index is 13.3. The van der Waals surface area contributed by atoms with Crippen LogP contribution in [0.25, 0.3) is 0 Å². The molecular formula is C17H15FO5. The number of benzene rings is 2. The molecule has 0 aliphatic carbocycles. The molecule has 5 nitrogen and oxygen atoms in total. The van der Waals surface area contributed by atoms with Gasteiger partial charge in [-0.05, 0) is 42.8 Å². The van der Waals surface area contributed by atoms with Gasteiger partial charge in [-0.25, -0.2) is 9.18 Å². The number of hydrogen-bond donors (Lipinski definition) is 2. The predicted octanol–water partition coefficient (Wildman–Crippen LogP) is 3.29. The largest absolute Gasteiger partial charge is 0.489 e. The van der Waals surface area contributed by atoms with Gasteiger partial charge in [0.05, 0.1) is 11.5 Å². The summed E-state index contributed by atoms with van der Waals surface area (Å²) in [4.78, 5) is 22.1. The SMILES string of the molecule is C[C@H](C(=O)O)c1cccc(OCc2cc(F)ccc2C(=O)O)c1. The van der Waals surface area contributed by atoms with E-state index in [2.05, 4.69) is 0 Å². The number of aromatic carboxylic acids is 1. The second kappa shape index (κ2) is 6.91. The van der Waals surface area contributed by atoms with E-state index in [0.717, 1.165) is 12.1 Å². The fourth-order valence-corrected chi connectivity index (χ4v) is 2.07. The monoisotopic (exact) mass is 318 g/mol. The molecule has 0 heterocycles. The number of carbonyl (C=O) groups is 2. The van der Waals surface area contributed by atoms with Gasteiger partial charge in [0.15, 0.2) is 0 Å². The molecule has 0 radical (unpaired) electrons. The van der Waals surface area contributed by atoms with Crippen LogP contribution in [0.2, 0.25) is 0 Å². The molecular weight excluding hydrogens is 303 g/mol. The van der Waals surface area contributed by atoms with E-state index in [-0.39, 0.29) is 17.7 Å². The van der Waals surface area contributed by atoms with E-state index in [1.807, 2.05) is 0 Å². The summed E-state index contributed by atoms with van der Waals surface area (Å²) in [5, 5.41) is 18.1. The first-order valence-corrected chi connectivity index (χ1v) is 6.85. The van der Waals surface area contributed by atoms with Crippen molar-refractivity contribution >= 4 is 11.9 Å². The number of carboxylic acids is 2. The van der Waals surface area contributed by atoms with E-state index >= 15 is 0 Å². The number of aliphatic carboxylic acids is 1. The van der Waals surface area contributed by atoms with Crippen LogP contribution in [0.3, 0.4) is 0 Å². The molecule has 0 amide bonds. The lowest BCUT2D eigenvalue weighted by Gasteiger charge is -2.12. The smallest absolute Gasteiger partial charge is 0.336 e. The lowest BCUT2D eigenvalue weighted by Crippen LogP contribution is -2.08. The average molecular weight is 318 g/mol. The summed E-state index contributed by atoms with van der Waals surface area (Å²) in [5.41, 5.74) is 0.725. The van der Waals surface area contributed by atoms with Crippen LogP contribution in [-0.2, 0) is 11.4 Å². The third kappa shape index (κ3) is 4.06. The second-order valence-electron chi connectivity index (χ2n) is 5.03. The third-order valence-electron chi connectivity index (χ3n) is 3.42. The predicted molar refractivity (Wildman–Crippen MR) is 80.2 cm³/mol. The van der Waals surface area contributed by atoms with Gasteiger partial charge < -0.3 is 14.9 Å². The zero-order chi connectivity index (χ0) is 17.0. The highest BCUT2D eigenvalue weighted by Crippen LogP contribution is 2.22. The molecule has 2 N–H and O–H groups in total. The molecule has 0 saturated heterocycles. The van der Waals surface area contributed by atoms with E-state index in [4.69, 9.17) is 14.9 Å². The van der Waals surface area contributed by atoms with Crippen LogP contribution < -0.4 is 4.74 Å². The van der Waals surface area contributed by atoms with E-state index < -0.39 is 23.7 Å². The quantitative estimate of drug-likeness (QED) is 0.854. The molecule has 0 saturated carbocycles. The van der Waals surface area contributed by atoms with Crippen LogP contribution in [0.5, 0.6) is 5.75 Å². The van der Waals surface area contributed by atoms with Crippen LogP contribution in [0, 0.1) is 5.82 Å². The summed E-state index contributed by atoms with van der Waals surface area (Å²) < 4.78 is 18.8. The van der Waals surface area contributed by atoms with Crippen LogP contribution in [0.1, 0.15) is 34.3 Å². The first-order valence-electron chi connectivity index (χ1n) is 6.85. The Hall–Kier alpha value is -2.89. The molecule has 0 unspecified atom stereocenters. The Morgan fingerprint density at radius 1 is 1.17 bits per heavy atom. The molecule has 0 aromatic heterocycles. The van der Waals surface area contributed by atoms with Crippen molar-refractivity contribution in [1.82, 2.24) is 0 Å². The first kappa shape index (κ1) is 16.5. The number of ether oxygens (including phenoxy) is 1. The molecule has 0 aliphatic heterocycles. The van der Waals surface area contributed by atoms with Crippen molar-refractivity contribution in [3.8, 4) is 5.75 Å². The average Bonchev–Trinajstić information content (AvgIpc) is 2.52. The van der Waals surface area contributed by atoms with E-state index in [9.17, 15) is 14.0 Å². The topological polar surface area (TPSA) is 83.8 Å². The summed E-state index contributed by atoms with van der Waals surface area (Å²) in [7, 11) is 0. The van der Waals surface area contributed by atoms with Crippen molar-refractivity contribution in [2.24, 2.45) is 0 Å². The summed E-state index contributed by atoms with van der Waals surface area (Å²) in [6, 6.07) is 9.86. The number of hydrogen-bond acceptors (Lipinski definition) is 3. The summed E-state index contributed by atoms with van der Waals surface area (Å²) in [6.45, 7) is 1.42. The van der Waals surface area contributed by atoms with Gasteiger partial charge in [-0.2, -0.15) is 0 Å². The molecule has 2 aromatic rings. The molecule has 120 valence electrons. The summed E-state index contributed by atoms with van der Waals surface area (Å²) in [6.07, 6.45) is 0. The Balaban J connectivity index is 2.19. The Bertz CT molecular complexity index is 742. The number of carboxylic acid groups (broad SMARTS) is 2. The van der Waals surface area contributed by atoms with Gasteiger partial charge >= 0.3 is 11.9 Å². The molecule has 23 heavy (non-hydrogen) atoms. The molecule has 6 heteroatoms. The molecule has 1 atom stereocenters. The zero-order valence-electron chi connectivity index (χ0n) is 12.3. The van der Waals surface area contributed by atoms with Gasteiger partial charge in [0, 0.05) is 5.56 Å². The lowest BCUT2D eigenvalue weighted by molar-refractivity contribution is -0.138. The molecule has 0 aliphatic rings. The molecule has 0 fully saturated rings. The number of rotatable bonds is 6. The van der Waals surface area contributed by atoms with E-state index in [0.29, 0.717) is 11.3 Å². The Labute approximate surface area is 132 Å². The Morgan fingerprint density at radius 3 is 2.57 bits per heavy atom. The minimum atomic E-state index is -1.17. The second-order valence-corrected chi connectivity index (χ2v) is 5.03. The third-order valence-corrected chi connectivity index (χ3v) is 3.42. The highest BCUT2D eigenvalue weighted by molar-refractivity contribution is 5.89. The maximum atomic E-state index is 13.3. The van der Waals surface area contributed by atoms with E-state index in [1.165, 1.54) is 6.07 Å². The van der Waals surface area contributed by atoms with Crippen molar-refractivity contribution < 1.29 is 28.9 Å². The van der Waals surface area contributed by atoms with Crippen LogP contribution >= 0.6 is 0 Å². The Kier molecular flexibility index (Phi) is 4.95. The molecule has 2 aromatic carbocycles. The van der Waals surface area contributed by atoms with Crippen molar-refractivity contribution in [3.05, 3.63) is 65.0 Å². The zero-order valence-corrected chi connectivity index (χ0v) is 12.3. The molecule has 0 spiro atoms. The lowest BCUT2D eigenvalue weighted by atomic mass is 10.0. The first-order chi connectivity index (χ1) is 10.9. The highest BCUT2D eigenvalue weighted by atomic mass is 19.1. The summed E-state index contributed by atoms with van der Waals surface area (Å²) >= 11 is 0. The van der Waals surface area contributed by atoms with Crippen molar-refractivity contribution in [1.29, 1.82) is 0 Å². The number of halogens is 1. The van der Waals surface area contributed by atoms with Crippen LogP contribution in [0.4, 0.5) is 4.39 Å². The van der Waals surface area contributed by atoms with E-state index in [1.54, 1.807) is 31.2 Å². The molecule has 0 bridgehead atoms. The van der Waals surface area contributed by atoms with Gasteiger partial charge in [0.1, 0.15) is 18.2 Å². The van der Waals surface area contributed by atoms with Gasteiger partial charge in [-0.3, -0.25) is 4.79 Å². The minimum Gasteiger partial charge on any atom is -0.489 e.